The molecule has 0 amide bonds. The van der Waals surface area contributed by atoms with Crippen LogP contribution < -0.4 is 10.5 Å². The molecule has 2 nitrogen and oxygen atoms in total. The van der Waals surface area contributed by atoms with Crippen LogP contribution in [0.25, 0.3) is 0 Å². The summed E-state index contributed by atoms with van der Waals surface area (Å²) in [5.74, 6) is 1.33. The molecular formula is C17H20ClNOS. The van der Waals surface area contributed by atoms with E-state index in [1.165, 1.54) is 5.56 Å². The van der Waals surface area contributed by atoms with Gasteiger partial charge in [-0.05, 0) is 54.3 Å². The Kier molecular flexibility index (Phi) is 5.07. The Bertz CT molecular complexity index is 632. The van der Waals surface area contributed by atoms with Crippen molar-refractivity contribution in [2.45, 2.75) is 36.5 Å². The van der Waals surface area contributed by atoms with Crippen molar-refractivity contribution < 1.29 is 4.74 Å². The summed E-state index contributed by atoms with van der Waals surface area (Å²) in [6.07, 6.45) is 0. The van der Waals surface area contributed by atoms with Crippen molar-refractivity contribution in [2.24, 2.45) is 0 Å². The van der Waals surface area contributed by atoms with Crippen LogP contribution in [0.1, 0.15) is 30.9 Å². The molecule has 0 atom stereocenters. The van der Waals surface area contributed by atoms with Gasteiger partial charge in [-0.2, -0.15) is 0 Å². The van der Waals surface area contributed by atoms with Gasteiger partial charge in [0.25, 0.3) is 0 Å². The van der Waals surface area contributed by atoms with E-state index < -0.39 is 0 Å². The molecule has 4 heteroatoms. The molecule has 0 aliphatic heterocycles. The summed E-state index contributed by atoms with van der Waals surface area (Å²) in [6, 6.07) is 9.98. The fourth-order valence-electron chi connectivity index (χ4n) is 2.23. The molecule has 0 unspecified atom stereocenters. The number of anilines is 1. The number of methoxy groups -OCH3 is 1. The molecule has 0 bridgehead atoms. The Hall–Kier alpha value is -1.32. The molecule has 0 spiro atoms. The van der Waals surface area contributed by atoms with Gasteiger partial charge in [0.2, 0.25) is 0 Å². The second kappa shape index (κ2) is 6.63. The molecule has 0 aliphatic carbocycles. The van der Waals surface area contributed by atoms with Crippen LogP contribution in [0.5, 0.6) is 5.75 Å². The second-order valence-electron chi connectivity index (χ2n) is 5.31. The first-order valence-corrected chi connectivity index (χ1v) is 8.03. The van der Waals surface area contributed by atoms with E-state index in [2.05, 4.69) is 26.0 Å². The van der Waals surface area contributed by atoms with Crippen molar-refractivity contribution in [1.29, 1.82) is 0 Å². The topological polar surface area (TPSA) is 35.2 Å². The molecular weight excluding hydrogens is 302 g/mol. The van der Waals surface area contributed by atoms with Crippen molar-refractivity contribution >= 4 is 29.1 Å². The van der Waals surface area contributed by atoms with E-state index in [0.29, 0.717) is 16.6 Å². The number of nitrogen functional groups attached to an aromatic ring is 1. The minimum atomic E-state index is 0.406. The van der Waals surface area contributed by atoms with Gasteiger partial charge in [-0.1, -0.05) is 37.2 Å². The van der Waals surface area contributed by atoms with Crippen LogP contribution in [0.15, 0.2) is 40.1 Å². The largest absolute Gasteiger partial charge is 0.496 e. The maximum absolute atomic E-state index is 6.32. The molecule has 0 aromatic heterocycles. The van der Waals surface area contributed by atoms with E-state index in [1.807, 2.05) is 19.1 Å². The van der Waals surface area contributed by atoms with Gasteiger partial charge in [0.15, 0.2) is 0 Å². The van der Waals surface area contributed by atoms with Crippen LogP contribution in [-0.4, -0.2) is 7.11 Å². The highest BCUT2D eigenvalue weighted by Gasteiger charge is 2.12. The van der Waals surface area contributed by atoms with Gasteiger partial charge < -0.3 is 10.5 Å². The first-order valence-electron chi connectivity index (χ1n) is 6.83. The number of aryl methyl sites for hydroxylation is 1. The van der Waals surface area contributed by atoms with E-state index >= 15 is 0 Å². The third-order valence-electron chi connectivity index (χ3n) is 3.29. The summed E-state index contributed by atoms with van der Waals surface area (Å²) in [5, 5.41) is 0.694. The molecule has 0 saturated heterocycles. The summed E-state index contributed by atoms with van der Waals surface area (Å²) in [4.78, 5) is 2.19. The monoisotopic (exact) mass is 321 g/mol. The number of benzene rings is 2. The Morgan fingerprint density at radius 2 is 1.90 bits per heavy atom. The molecule has 0 fully saturated rings. The summed E-state index contributed by atoms with van der Waals surface area (Å²) >= 11 is 7.98. The summed E-state index contributed by atoms with van der Waals surface area (Å²) < 4.78 is 5.42. The molecule has 2 N–H and O–H groups in total. The van der Waals surface area contributed by atoms with Gasteiger partial charge in [0.1, 0.15) is 5.75 Å². The van der Waals surface area contributed by atoms with Gasteiger partial charge in [-0.3, -0.25) is 0 Å². The number of hydrogen-bond donors (Lipinski definition) is 1. The molecule has 2 aromatic rings. The summed E-state index contributed by atoms with van der Waals surface area (Å²) in [7, 11) is 1.70. The molecule has 0 saturated carbocycles. The van der Waals surface area contributed by atoms with Crippen LogP contribution in [0, 0.1) is 6.92 Å². The number of rotatable bonds is 4. The van der Waals surface area contributed by atoms with Crippen molar-refractivity contribution in [3.05, 3.63) is 46.5 Å². The minimum Gasteiger partial charge on any atom is -0.496 e. The Morgan fingerprint density at radius 1 is 1.19 bits per heavy atom. The average molecular weight is 322 g/mol. The number of halogens is 1. The van der Waals surface area contributed by atoms with E-state index in [9.17, 15) is 0 Å². The fraction of sp³-hybridized carbons (Fsp3) is 0.294. The predicted octanol–water partition coefficient (Wildman–Crippen LogP) is 5.51. The Labute approximate surface area is 135 Å². The van der Waals surface area contributed by atoms with E-state index in [-0.39, 0.29) is 0 Å². The van der Waals surface area contributed by atoms with Crippen LogP contribution in [0.2, 0.25) is 5.02 Å². The lowest BCUT2D eigenvalue weighted by Gasteiger charge is -2.14. The minimum absolute atomic E-state index is 0.406. The van der Waals surface area contributed by atoms with Crippen LogP contribution in [0.4, 0.5) is 5.69 Å². The standard InChI is InChI=1S/C17H20ClNOS/c1-10(2)14-9-13(5-6-16(14)20-4)21-17-11(3)7-12(19)8-15(17)18/h5-10H,19H2,1-4H3. The zero-order valence-electron chi connectivity index (χ0n) is 12.7. The highest BCUT2D eigenvalue weighted by molar-refractivity contribution is 7.99. The molecule has 0 aliphatic rings. The predicted molar refractivity (Wildman–Crippen MR) is 91.8 cm³/mol. The van der Waals surface area contributed by atoms with Crippen LogP contribution in [0.3, 0.4) is 0 Å². The zero-order chi connectivity index (χ0) is 15.6. The number of nitrogens with two attached hydrogens (primary N) is 1. The quantitative estimate of drug-likeness (QED) is 0.754. The lowest BCUT2D eigenvalue weighted by atomic mass is 10.0. The summed E-state index contributed by atoms with van der Waals surface area (Å²) in [5.41, 5.74) is 8.80. The molecule has 2 aromatic carbocycles. The maximum atomic E-state index is 6.32. The number of ether oxygens (including phenoxy) is 1. The Morgan fingerprint density at radius 3 is 2.48 bits per heavy atom. The van der Waals surface area contributed by atoms with Crippen molar-refractivity contribution in [3.8, 4) is 5.75 Å². The average Bonchev–Trinajstić information content (AvgIpc) is 2.42. The van der Waals surface area contributed by atoms with Gasteiger partial charge in [-0.25, -0.2) is 0 Å². The fourth-order valence-corrected chi connectivity index (χ4v) is 3.56. The normalized spacial score (nSPS) is 11.0. The van der Waals surface area contributed by atoms with Crippen LogP contribution >= 0.6 is 23.4 Å². The van der Waals surface area contributed by atoms with Crippen molar-refractivity contribution in [1.82, 2.24) is 0 Å². The van der Waals surface area contributed by atoms with E-state index in [4.69, 9.17) is 22.1 Å². The molecule has 0 heterocycles. The highest BCUT2D eigenvalue weighted by Crippen LogP contribution is 2.39. The summed E-state index contributed by atoms with van der Waals surface area (Å²) in [6.45, 7) is 6.35. The van der Waals surface area contributed by atoms with Gasteiger partial charge >= 0.3 is 0 Å². The maximum Gasteiger partial charge on any atom is 0.122 e. The third-order valence-corrected chi connectivity index (χ3v) is 4.94. The molecule has 2 rings (SSSR count). The van der Waals surface area contributed by atoms with Crippen molar-refractivity contribution in [2.75, 3.05) is 12.8 Å². The molecule has 21 heavy (non-hydrogen) atoms. The molecule has 0 radical (unpaired) electrons. The van der Waals surface area contributed by atoms with Gasteiger partial charge in [0, 0.05) is 15.5 Å². The van der Waals surface area contributed by atoms with Gasteiger partial charge in [0.05, 0.1) is 12.1 Å². The first kappa shape index (κ1) is 16.1. The smallest absolute Gasteiger partial charge is 0.122 e. The lowest BCUT2D eigenvalue weighted by Crippen LogP contribution is -1.95. The Balaban J connectivity index is 2.39. The van der Waals surface area contributed by atoms with E-state index in [0.717, 1.165) is 21.1 Å². The number of hydrogen-bond acceptors (Lipinski definition) is 3. The second-order valence-corrected chi connectivity index (χ2v) is 6.80. The van der Waals surface area contributed by atoms with Crippen LogP contribution in [-0.2, 0) is 0 Å². The van der Waals surface area contributed by atoms with E-state index in [1.54, 1.807) is 24.9 Å². The molecule has 112 valence electrons. The first-order chi connectivity index (χ1) is 9.92. The third kappa shape index (κ3) is 3.66. The highest BCUT2D eigenvalue weighted by atomic mass is 35.5. The lowest BCUT2D eigenvalue weighted by molar-refractivity contribution is 0.407. The zero-order valence-corrected chi connectivity index (χ0v) is 14.3. The van der Waals surface area contributed by atoms with Gasteiger partial charge in [-0.15, -0.1) is 0 Å². The van der Waals surface area contributed by atoms with Crippen molar-refractivity contribution in [3.63, 3.8) is 0 Å². The SMILES string of the molecule is COc1ccc(Sc2c(C)cc(N)cc2Cl)cc1C(C)C.